The van der Waals surface area contributed by atoms with Gasteiger partial charge in [0.15, 0.2) is 0 Å². The molecule has 0 bridgehead atoms. The van der Waals surface area contributed by atoms with Gasteiger partial charge in [0.1, 0.15) is 0 Å². The van der Waals surface area contributed by atoms with Crippen LogP contribution >= 0.6 is 0 Å². The molecule has 0 saturated heterocycles. The number of ether oxygens (including phenoxy) is 1. The lowest BCUT2D eigenvalue weighted by Gasteiger charge is -2.09. The zero-order chi connectivity index (χ0) is 15.6. The highest BCUT2D eigenvalue weighted by molar-refractivity contribution is 7.89. The van der Waals surface area contributed by atoms with Crippen molar-refractivity contribution in [2.24, 2.45) is 0 Å². The Balaban J connectivity index is 2.55. The molecule has 21 heavy (non-hydrogen) atoms. The van der Waals surface area contributed by atoms with Crippen molar-refractivity contribution in [1.29, 1.82) is 0 Å². The summed E-state index contributed by atoms with van der Waals surface area (Å²) in [6, 6.07) is 7.06. The average Bonchev–Trinajstić information content (AvgIpc) is 2.48. The summed E-state index contributed by atoms with van der Waals surface area (Å²) in [7, 11) is -1.78. The molecule has 0 aliphatic carbocycles. The van der Waals surface area contributed by atoms with Gasteiger partial charge in [0.2, 0.25) is 10.0 Å². The van der Waals surface area contributed by atoms with E-state index in [0.29, 0.717) is 24.6 Å². The van der Waals surface area contributed by atoms with Gasteiger partial charge < -0.3 is 10.1 Å². The summed E-state index contributed by atoms with van der Waals surface area (Å²) in [6.07, 6.45) is 2.67. The van der Waals surface area contributed by atoms with E-state index in [-0.39, 0.29) is 0 Å². The molecule has 0 atom stereocenters. The van der Waals surface area contributed by atoms with Crippen LogP contribution in [0.4, 0.5) is 0 Å². The maximum absolute atomic E-state index is 12.2. The van der Waals surface area contributed by atoms with Gasteiger partial charge in [-0.3, -0.25) is 0 Å². The number of rotatable bonds is 11. The molecular formula is C15H26N2O3S. The normalized spacial score (nSPS) is 11.7. The van der Waals surface area contributed by atoms with Crippen LogP contribution < -0.4 is 10.0 Å². The molecule has 0 fully saturated rings. The molecule has 2 N–H and O–H groups in total. The molecule has 0 radical (unpaired) electrons. The van der Waals surface area contributed by atoms with Crippen molar-refractivity contribution in [2.45, 2.75) is 37.6 Å². The molecule has 0 aliphatic rings. The lowest BCUT2D eigenvalue weighted by atomic mass is 10.2. The standard InChI is InChI=1S/C15H26N2O3S/c1-3-9-16-13-14-7-6-8-15(12-14)21(18,19)17-10-4-5-11-20-2/h6-8,12,16-17H,3-5,9-11,13H2,1-2H3. The molecule has 0 unspecified atom stereocenters. The Labute approximate surface area is 128 Å². The van der Waals surface area contributed by atoms with Crippen LogP contribution in [0.3, 0.4) is 0 Å². The summed E-state index contributed by atoms with van der Waals surface area (Å²) in [5.41, 5.74) is 0.978. The van der Waals surface area contributed by atoms with Gasteiger partial charge in [-0.1, -0.05) is 19.1 Å². The van der Waals surface area contributed by atoms with Crippen molar-refractivity contribution in [1.82, 2.24) is 10.0 Å². The molecule has 0 saturated carbocycles. The van der Waals surface area contributed by atoms with Crippen LogP contribution in [-0.4, -0.2) is 35.2 Å². The van der Waals surface area contributed by atoms with Gasteiger partial charge in [0.05, 0.1) is 4.90 Å². The minimum Gasteiger partial charge on any atom is -0.385 e. The van der Waals surface area contributed by atoms with Crippen molar-refractivity contribution in [3.63, 3.8) is 0 Å². The van der Waals surface area contributed by atoms with Crippen LogP contribution in [0.2, 0.25) is 0 Å². The minimum atomic E-state index is -3.42. The number of methoxy groups -OCH3 is 1. The Morgan fingerprint density at radius 3 is 2.71 bits per heavy atom. The molecule has 0 heterocycles. The third kappa shape index (κ3) is 7.04. The van der Waals surface area contributed by atoms with Crippen molar-refractivity contribution in [2.75, 3.05) is 26.8 Å². The van der Waals surface area contributed by atoms with E-state index in [0.717, 1.165) is 31.4 Å². The van der Waals surface area contributed by atoms with E-state index in [1.165, 1.54) is 0 Å². The largest absolute Gasteiger partial charge is 0.385 e. The molecule has 5 nitrogen and oxygen atoms in total. The van der Waals surface area contributed by atoms with E-state index < -0.39 is 10.0 Å². The van der Waals surface area contributed by atoms with Crippen LogP contribution in [0, 0.1) is 0 Å². The van der Waals surface area contributed by atoms with E-state index in [9.17, 15) is 8.42 Å². The molecule has 1 rings (SSSR count). The smallest absolute Gasteiger partial charge is 0.240 e. The summed E-state index contributed by atoms with van der Waals surface area (Å²) in [5, 5.41) is 3.27. The zero-order valence-electron chi connectivity index (χ0n) is 12.9. The van der Waals surface area contributed by atoms with Gasteiger partial charge in [-0.15, -0.1) is 0 Å². The topological polar surface area (TPSA) is 67.4 Å². The second-order valence-electron chi connectivity index (χ2n) is 4.92. The molecule has 120 valence electrons. The number of unbranched alkanes of at least 4 members (excludes halogenated alkanes) is 1. The van der Waals surface area contributed by atoms with Crippen LogP contribution in [-0.2, 0) is 21.3 Å². The van der Waals surface area contributed by atoms with Crippen molar-refractivity contribution >= 4 is 10.0 Å². The van der Waals surface area contributed by atoms with Gasteiger partial charge in [-0.05, 0) is 43.5 Å². The molecule has 0 amide bonds. The van der Waals surface area contributed by atoms with E-state index in [2.05, 4.69) is 17.0 Å². The lowest BCUT2D eigenvalue weighted by Crippen LogP contribution is -2.25. The highest BCUT2D eigenvalue weighted by atomic mass is 32.2. The molecule has 0 spiro atoms. The SMILES string of the molecule is CCCNCc1cccc(S(=O)(=O)NCCCCOC)c1. The van der Waals surface area contributed by atoms with Gasteiger partial charge in [-0.25, -0.2) is 13.1 Å². The monoisotopic (exact) mass is 314 g/mol. The highest BCUT2D eigenvalue weighted by Gasteiger charge is 2.13. The van der Waals surface area contributed by atoms with E-state index in [4.69, 9.17) is 4.74 Å². The Morgan fingerprint density at radius 1 is 1.19 bits per heavy atom. The Kier molecular flexibility index (Phi) is 8.52. The zero-order valence-corrected chi connectivity index (χ0v) is 13.7. The molecule has 1 aromatic rings. The van der Waals surface area contributed by atoms with E-state index >= 15 is 0 Å². The second kappa shape index (κ2) is 9.89. The Morgan fingerprint density at radius 2 is 2.00 bits per heavy atom. The van der Waals surface area contributed by atoms with Crippen LogP contribution in [0.1, 0.15) is 31.7 Å². The fourth-order valence-corrected chi connectivity index (χ4v) is 3.04. The Bertz CT molecular complexity index is 503. The first-order valence-electron chi connectivity index (χ1n) is 7.38. The average molecular weight is 314 g/mol. The second-order valence-corrected chi connectivity index (χ2v) is 6.69. The number of hydrogen-bond acceptors (Lipinski definition) is 4. The minimum absolute atomic E-state index is 0.324. The third-order valence-corrected chi connectivity index (χ3v) is 4.49. The maximum Gasteiger partial charge on any atom is 0.240 e. The van der Waals surface area contributed by atoms with E-state index in [1.54, 1.807) is 25.3 Å². The summed E-state index contributed by atoms with van der Waals surface area (Å²) >= 11 is 0. The molecule has 1 aromatic carbocycles. The summed E-state index contributed by atoms with van der Waals surface area (Å²) < 4.78 is 31.9. The van der Waals surface area contributed by atoms with Crippen LogP contribution in [0.5, 0.6) is 0 Å². The van der Waals surface area contributed by atoms with Gasteiger partial charge in [0.25, 0.3) is 0 Å². The number of nitrogens with one attached hydrogen (secondary N) is 2. The maximum atomic E-state index is 12.2. The fourth-order valence-electron chi connectivity index (χ4n) is 1.89. The summed E-state index contributed by atoms with van der Waals surface area (Å²) in [4.78, 5) is 0.324. The van der Waals surface area contributed by atoms with E-state index in [1.807, 2.05) is 6.07 Å². The number of sulfonamides is 1. The number of hydrogen-bond donors (Lipinski definition) is 2. The lowest BCUT2D eigenvalue weighted by molar-refractivity contribution is 0.193. The predicted molar refractivity (Wildman–Crippen MR) is 84.7 cm³/mol. The van der Waals surface area contributed by atoms with Crippen LogP contribution in [0.25, 0.3) is 0 Å². The first-order valence-corrected chi connectivity index (χ1v) is 8.86. The summed E-state index contributed by atoms with van der Waals surface area (Å²) in [6.45, 7) is 4.80. The highest BCUT2D eigenvalue weighted by Crippen LogP contribution is 2.11. The summed E-state index contributed by atoms with van der Waals surface area (Å²) in [5.74, 6) is 0. The number of benzene rings is 1. The molecule has 6 heteroatoms. The Hall–Kier alpha value is -0.950. The first-order chi connectivity index (χ1) is 10.1. The van der Waals surface area contributed by atoms with Gasteiger partial charge in [0, 0.05) is 26.8 Å². The van der Waals surface area contributed by atoms with Gasteiger partial charge in [-0.2, -0.15) is 0 Å². The third-order valence-electron chi connectivity index (χ3n) is 3.03. The molecule has 0 aromatic heterocycles. The quantitative estimate of drug-likeness (QED) is 0.612. The van der Waals surface area contributed by atoms with Crippen LogP contribution in [0.15, 0.2) is 29.2 Å². The molecular weight excluding hydrogens is 288 g/mol. The van der Waals surface area contributed by atoms with Crippen molar-refractivity contribution < 1.29 is 13.2 Å². The fraction of sp³-hybridized carbons (Fsp3) is 0.600. The van der Waals surface area contributed by atoms with Gasteiger partial charge >= 0.3 is 0 Å². The first kappa shape index (κ1) is 18.1. The van der Waals surface area contributed by atoms with Crippen molar-refractivity contribution in [3.8, 4) is 0 Å². The van der Waals surface area contributed by atoms with Crippen molar-refractivity contribution in [3.05, 3.63) is 29.8 Å². The molecule has 0 aliphatic heterocycles. The predicted octanol–water partition coefficient (Wildman–Crippen LogP) is 1.89.